The van der Waals surface area contributed by atoms with E-state index in [1.807, 2.05) is 0 Å². The topological polar surface area (TPSA) is 70.6 Å². The number of benzene rings is 1. The second-order valence-electron chi connectivity index (χ2n) is 4.42. The minimum Gasteiger partial charge on any atom is -0.505 e. The maximum absolute atomic E-state index is 11.8. The van der Waals surface area contributed by atoms with E-state index >= 15 is 0 Å². The highest BCUT2D eigenvalue weighted by molar-refractivity contribution is 5.92. The van der Waals surface area contributed by atoms with Crippen LogP contribution in [0.25, 0.3) is 0 Å². The first-order valence-corrected chi connectivity index (χ1v) is 6.07. The van der Waals surface area contributed by atoms with Crippen molar-refractivity contribution in [1.82, 2.24) is 5.32 Å². The summed E-state index contributed by atoms with van der Waals surface area (Å²) in [5.41, 5.74) is 1.19. The van der Waals surface area contributed by atoms with Crippen LogP contribution in [0.2, 0.25) is 0 Å². The zero-order chi connectivity index (χ0) is 13.0. The number of morpholine rings is 1. The molecule has 2 rings (SSSR count). The van der Waals surface area contributed by atoms with Gasteiger partial charge in [0.2, 0.25) is 5.91 Å². The number of phenolic OH excluding ortho intramolecular Hbond substituents is 1. The molecule has 0 bridgehead atoms. The molecule has 5 nitrogen and oxygen atoms in total. The van der Waals surface area contributed by atoms with E-state index in [0.29, 0.717) is 25.3 Å². The Morgan fingerprint density at radius 2 is 2.44 bits per heavy atom. The van der Waals surface area contributed by atoms with Crippen molar-refractivity contribution in [2.45, 2.75) is 19.4 Å². The zero-order valence-electron chi connectivity index (χ0n) is 10.4. The number of amides is 1. The second kappa shape index (κ2) is 5.84. The number of hydrogen-bond acceptors (Lipinski definition) is 4. The quantitative estimate of drug-likeness (QED) is 0.700. The molecule has 0 radical (unpaired) electrons. The number of aromatic hydroxyl groups is 1. The molecule has 1 heterocycles. The summed E-state index contributed by atoms with van der Waals surface area (Å²) in [6.07, 6.45) is 0.200. The molecule has 3 N–H and O–H groups in total. The van der Waals surface area contributed by atoms with Gasteiger partial charge in [0.1, 0.15) is 5.75 Å². The molecule has 5 heteroatoms. The van der Waals surface area contributed by atoms with Crippen LogP contribution in [0.1, 0.15) is 12.0 Å². The lowest BCUT2D eigenvalue weighted by Gasteiger charge is -2.23. The SMILES string of the molecule is Cc1cccc(NC(=O)CC2CNCCO2)c1O. The molecule has 0 spiro atoms. The molecular formula is C13H18N2O3. The van der Waals surface area contributed by atoms with Gasteiger partial charge < -0.3 is 20.5 Å². The van der Waals surface area contributed by atoms with E-state index in [-0.39, 0.29) is 17.8 Å². The van der Waals surface area contributed by atoms with E-state index in [9.17, 15) is 9.90 Å². The van der Waals surface area contributed by atoms with Gasteiger partial charge in [0, 0.05) is 13.1 Å². The highest BCUT2D eigenvalue weighted by Crippen LogP contribution is 2.26. The van der Waals surface area contributed by atoms with E-state index in [4.69, 9.17) is 4.74 Å². The van der Waals surface area contributed by atoms with Gasteiger partial charge >= 0.3 is 0 Å². The summed E-state index contributed by atoms with van der Waals surface area (Å²) < 4.78 is 5.45. The van der Waals surface area contributed by atoms with Crippen molar-refractivity contribution in [2.75, 3.05) is 25.0 Å². The van der Waals surface area contributed by atoms with E-state index in [0.717, 1.165) is 12.1 Å². The first kappa shape index (κ1) is 12.9. The Bertz CT molecular complexity index is 428. The number of ether oxygens (including phenoxy) is 1. The first-order valence-electron chi connectivity index (χ1n) is 6.07. The van der Waals surface area contributed by atoms with Gasteiger partial charge in [-0.3, -0.25) is 4.79 Å². The molecule has 0 saturated carbocycles. The third-order valence-corrected chi connectivity index (χ3v) is 2.93. The largest absolute Gasteiger partial charge is 0.505 e. The van der Waals surface area contributed by atoms with Crippen LogP contribution in [0.3, 0.4) is 0 Å². The number of carbonyl (C=O) groups is 1. The van der Waals surface area contributed by atoms with Crippen LogP contribution in [-0.2, 0) is 9.53 Å². The lowest BCUT2D eigenvalue weighted by molar-refractivity contribution is -0.119. The summed E-state index contributed by atoms with van der Waals surface area (Å²) in [4.78, 5) is 11.8. The van der Waals surface area contributed by atoms with Gasteiger partial charge in [-0.2, -0.15) is 0 Å². The van der Waals surface area contributed by atoms with Crippen molar-refractivity contribution in [3.8, 4) is 5.75 Å². The molecule has 1 amide bonds. The number of nitrogens with one attached hydrogen (secondary N) is 2. The number of rotatable bonds is 3. The summed E-state index contributed by atoms with van der Waals surface area (Å²) in [5, 5.41) is 15.7. The van der Waals surface area contributed by atoms with E-state index in [1.165, 1.54) is 0 Å². The Morgan fingerprint density at radius 3 is 3.17 bits per heavy atom. The molecule has 1 saturated heterocycles. The van der Waals surface area contributed by atoms with Gasteiger partial charge in [0.25, 0.3) is 0 Å². The van der Waals surface area contributed by atoms with Crippen LogP contribution in [0.15, 0.2) is 18.2 Å². The lowest BCUT2D eigenvalue weighted by Crippen LogP contribution is -2.40. The summed E-state index contributed by atoms with van der Waals surface area (Å²) in [6, 6.07) is 5.27. The number of para-hydroxylation sites is 1. The summed E-state index contributed by atoms with van der Waals surface area (Å²) in [6.45, 7) is 3.94. The van der Waals surface area contributed by atoms with Gasteiger partial charge in [-0.25, -0.2) is 0 Å². The van der Waals surface area contributed by atoms with Crippen molar-refractivity contribution < 1.29 is 14.6 Å². The second-order valence-corrected chi connectivity index (χ2v) is 4.42. The van der Waals surface area contributed by atoms with Gasteiger partial charge in [-0.15, -0.1) is 0 Å². The van der Waals surface area contributed by atoms with Crippen LogP contribution in [0.5, 0.6) is 5.75 Å². The maximum atomic E-state index is 11.8. The minimum atomic E-state index is -0.149. The Labute approximate surface area is 106 Å². The Kier molecular flexibility index (Phi) is 4.17. The van der Waals surface area contributed by atoms with Crippen molar-refractivity contribution in [2.24, 2.45) is 0 Å². The predicted octanol–water partition coefficient (Wildman–Crippen LogP) is 1.02. The van der Waals surface area contributed by atoms with Gasteiger partial charge in [0.15, 0.2) is 0 Å². The molecule has 98 valence electrons. The number of aryl methyl sites for hydroxylation is 1. The third-order valence-electron chi connectivity index (χ3n) is 2.93. The van der Waals surface area contributed by atoms with Crippen molar-refractivity contribution in [3.63, 3.8) is 0 Å². The van der Waals surface area contributed by atoms with Crippen LogP contribution in [0, 0.1) is 6.92 Å². The minimum absolute atomic E-state index is 0.0919. The normalized spacial score (nSPS) is 19.5. The Hall–Kier alpha value is -1.59. The molecule has 1 aliphatic heterocycles. The molecule has 1 aromatic carbocycles. The molecule has 1 unspecified atom stereocenters. The van der Waals surface area contributed by atoms with Crippen molar-refractivity contribution >= 4 is 11.6 Å². The Morgan fingerprint density at radius 1 is 1.61 bits per heavy atom. The fourth-order valence-electron chi connectivity index (χ4n) is 1.92. The molecule has 1 aliphatic rings. The fourth-order valence-corrected chi connectivity index (χ4v) is 1.92. The van der Waals surface area contributed by atoms with Crippen LogP contribution < -0.4 is 10.6 Å². The van der Waals surface area contributed by atoms with Crippen LogP contribution in [-0.4, -0.2) is 36.8 Å². The number of carbonyl (C=O) groups excluding carboxylic acids is 1. The first-order chi connectivity index (χ1) is 8.66. The van der Waals surface area contributed by atoms with Crippen molar-refractivity contribution in [3.05, 3.63) is 23.8 Å². The van der Waals surface area contributed by atoms with Crippen LogP contribution >= 0.6 is 0 Å². The highest BCUT2D eigenvalue weighted by Gasteiger charge is 2.18. The fraction of sp³-hybridized carbons (Fsp3) is 0.462. The number of phenols is 1. The van der Waals surface area contributed by atoms with E-state index in [1.54, 1.807) is 25.1 Å². The molecule has 1 atom stereocenters. The molecule has 1 fully saturated rings. The summed E-state index contributed by atoms with van der Waals surface area (Å²) in [7, 11) is 0. The maximum Gasteiger partial charge on any atom is 0.227 e. The monoisotopic (exact) mass is 250 g/mol. The van der Waals surface area contributed by atoms with Crippen LogP contribution in [0.4, 0.5) is 5.69 Å². The average Bonchev–Trinajstić information content (AvgIpc) is 2.36. The number of hydrogen-bond donors (Lipinski definition) is 3. The Balaban J connectivity index is 1.92. The molecule has 0 aromatic heterocycles. The zero-order valence-corrected chi connectivity index (χ0v) is 10.4. The van der Waals surface area contributed by atoms with Crippen molar-refractivity contribution in [1.29, 1.82) is 0 Å². The molecule has 18 heavy (non-hydrogen) atoms. The molecule has 0 aliphatic carbocycles. The smallest absolute Gasteiger partial charge is 0.227 e. The standard InChI is InChI=1S/C13H18N2O3/c1-9-3-2-4-11(13(9)17)15-12(16)7-10-8-14-5-6-18-10/h2-4,10,14,17H,5-8H2,1H3,(H,15,16). The summed E-state index contributed by atoms with van der Waals surface area (Å²) >= 11 is 0. The molecular weight excluding hydrogens is 232 g/mol. The van der Waals surface area contributed by atoms with Gasteiger partial charge in [0.05, 0.1) is 24.8 Å². The highest BCUT2D eigenvalue weighted by atomic mass is 16.5. The number of anilines is 1. The predicted molar refractivity (Wildman–Crippen MR) is 68.7 cm³/mol. The average molecular weight is 250 g/mol. The van der Waals surface area contributed by atoms with Gasteiger partial charge in [-0.05, 0) is 18.6 Å². The van der Waals surface area contributed by atoms with Gasteiger partial charge in [-0.1, -0.05) is 12.1 Å². The van der Waals surface area contributed by atoms with E-state index in [2.05, 4.69) is 10.6 Å². The molecule has 1 aromatic rings. The van der Waals surface area contributed by atoms with E-state index < -0.39 is 0 Å². The summed E-state index contributed by atoms with van der Waals surface area (Å²) in [5.74, 6) is -0.0295. The lowest BCUT2D eigenvalue weighted by atomic mass is 10.1. The third kappa shape index (κ3) is 3.21.